The lowest BCUT2D eigenvalue weighted by Crippen LogP contribution is -2.33. The molecule has 0 amide bonds. The van der Waals surface area contributed by atoms with Crippen molar-refractivity contribution in [3.63, 3.8) is 0 Å². The number of hydrogen-bond acceptors (Lipinski definition) is 3. The van der Waals surface area contributed by atoms with Crippen LogP contribution < -0.4 is 27.4 Å². The predicted molar refractivity (Wildman–Crippen MR) is 88.9 cm³/mol. The quantitative estimate of drug-likeness (QED) is 0.275. The van der Waals surface area contributed by atoms with Gasteiger partial charge in [-0.1, -0.05) is 17.7 Å². The third-order valence-electron chi connectivity index (χ3n) is 3.05. The summed E-state index contributed by atoms with van der Waals surface area (Å²) < 4.78 is 0. The van der Waals surface area contributed by atoms with E-state index in [1.165, 1.54) is 0 Å². The van der Waals surface area contributed by atoms with Crippen molar-refractivity contribution in [3.8, 4) is 0 Å². The van der Waals surface area contributed by atoms with E-state index in [-0.39, 0.29) is 11.9 Å². The Hall–Kier alpha value is -2.77. The smallest absolute Gasteiger partial charge is 0.185 e. The molecule has 22 heavy (non-hydrogen) atoms. The number of aryl methyl sites for hydroxylation is 1. The number of benzene rings is 1. The molecule has 0 aromatic heterocycles. The molecule has 0 saturated heterocycles. The summed E-state index contributed by atoms with van der Waals surface area (Å²) in [6.45, 7) is 5.00. The number of nitrogens with two attached hydrogens (primary N) is 2. The Kier molecular flexibility index (Phi) is 6.18. The Bertz CT molecular complexity index is 539. The third-order valence-corrected chi connectivity index (χ3v) is 3.05. The normalized spacial score (nSPS) is 9.91. The van der Waals surface area contributed by atoms with Gasteiger partial charge in [-0.05, 0) is 30.5 Å². The van der Waals surface area contributed by atoms with E-state index in [2.05, 4.69) is 16.0 Å². The van der Waals surface area contributed by atoms with Crippen molar-refractivity contribution in [2.75, 3.05) is 0 Å². The van der Waals surface area contributed by atoms with Crippen LogP contribution in [0, 0.1) is 23.2 Å². The second-order valence-corrected chi connectivity index (χ2v) is 5.07. The fourth-order valence-electron chi connectivity index (χ4n) is 2.12. The van der Waals surface area contributed by atoms with Gasteiger partial charge in [0.1, 0.15) is 0 Å². The topological polar surface area (TPSA) is 160 Å². The highest BCUT2D eigenvalue weighted by molar-refractivity contribution is 5.76. The number of guanidine groups is 2. The minimum atomic E-state index is -0.104. The van der Waals surface area contributed by atoms with Gasteiger partial charge in [-0.15, -0.1) is 0 Å². The van der Waals surface area contributed by atoms with E-state index in [1.807, 2.05) is 19.1 Å². The van der Waals surface area contributed by atoms with Crippen LogP contribution in [0.4, 0.5) is 0 Å². The molecule has 0 atom stereocenters. The third kappa shape index (κ3) is 5.70. The molecule has 0 spiro atoms. The maximum atomic E-state index is 7.49. The number of amidine groups is 1. The molecule has 1 aromatic rings. The summed E-state index contributed by atoms with van der Waals surface area (Å²) in [6, 6.07) is 4.04. The van der Waals surface area contributed by atoms with E-state index in [9.17, 15) is 0 Å². The van der Waals surface area contributed by atoms with Gasteiger partial charge in [0.25, 0.3) is 0 Å². The highest BCUT2D eigenvalue weighted by atomic mass is 15.0. The summed E-state index contributed by atoms with van der Waals surface area (Å²) in [5, 5.41) is 30.7. The summed E-state index contributed by atoms with van der Waals surface area (Å²) in [6.07, 6.45) is 0. The van der Waals surface area contributed by atoms with Crippen molar-refractivity contribution in [1.29, 1.82) is 16.2 Å². The van der Waals surface area contributed by atoms with Crippen LogP contribution in [0.25, 0.3) is 0 Å². The molecule has 0 unspecified atom stereocenters. The van der Waals surface area contributed by atoms with Crippen LogP contribution in [0.15, 0.2) is 12.1 Å². The molecule has 1 rings (SSSR count). The first kappa shape index (κ1) is 17.3. The molecule has 0 aliphatic carbocycles. The maximum absolute atomic E-state index is 7.49. The minimum Gasteiger partial charge on any atom is -0.370 e. The first-order valence-electron chi connectivity index (χ1n) is 6.85. The van der Waals surface area contributed by atoms with Crippen LogP contribution in [0.1, 0.15) is 29.2 Å². The van der Waals surface area contributed by atoms with Gasteiger partial charge in [0.2, 0.25) is 0 Å². The van der Waals surface area contributed by atoms with E-state index in [0.29, 0.717) is 25.5 Å². The summed E-state index contributed by atoms with van der Waals surface area (Å²) in [7, 11) is 0. The first-order valence-corrected chi connectivity index (χ1v) is 6.85. The van der Waals surface area contributed by atoms with Gasteiger partial charge in [0, 0.05) is 19.6 Å². The fourth-order valence-corrected chi connectivity index (χ4v) is 2.12. The number of hydrogen-bond donors (Lipinski definition) is 8. The molecule has 10 N–H and O–H groups in total. The maximum Gasteiger partial charge on any atom is 0.185 e. The van der Waals surface area contributed by atoms with Gasteiger partial charge >= 0.3 is 0 Å². The predicted octanol–water partition coefficient (Wildman–Crippen LogP) is 0.0479. The minimum absolute atomic E-state index is 0.0954. The van der Waals surface area contributed by atoms with Crippen molar-refractivity contribution in [2.45, 2.75) is 33.5 Å². The Labute approximate surface area is 130 Å². The Balaban J connectivity index is 3.11. The van der Waals surface area contributed by atoms with Gasteiger partial charge in [0.15, 0.2) is 11.9 Å². The number of rotatable bonds is 6. The zero-order chi connectivity index (χ0) is 16.7. The van der Waals surface area contributed by atoms with Crippen LogP contribution in [0.5, 0.6) is 0 Å². The zero-order valence-electron chi connectivity index (χ0n) is 12.9. The van der Waals surface area contributed by atoms with Crippen LogP contribution in [-0.4, -0.2) is 17.8 Å². The van der Waals surface area contributed by atoms with Gasteiger partial charge in [0.05, 0.1) is 5.84 Å². The molecule has 8 nitrogen and oxygen atoms in total. The van der Waals surface area contributed by atoms with Crippen molar-refractivity contribution >= 4 is 17.8 Å². The zero-order valence-corrected chi connectivity index (χ0v) is 12.9. The monoisotopic (exact) mass is 304 g/mol. The van der Waals surface area contributed by atoms with E-state index >= 15 is 0 Å². The second kappa shape index (κ2) is 7.87. The van der Waals surface area contributed by atoms with Gasteiger partial charge in [-0.3, -0.25) is 16.2 Å². The van der Waals surface area contributed by atoms with Crippen LogP contribution in [-0.2, 0) is 19.6 Å². The summed E-state index contributed by atoms with van der Waals surface area (Å²) in [5.41, 5.74) is 14.8. The largest absolute Gasteiger partial charge is 0.370 e. The molecule has 0 fully saturated rings. The lowest BCUT2D eigenvalue weighted by Gasteiger charge is -2.18. The first-order chi connectivity index (χ1) is 10.3. The van der Waals surface area contributed by atoms with Crippen molar-refractivity contribution in [2.24, 2.45) is 11.5 Å². The van der Waals surface area contributed by atoms with E-state index in [0.717, 1.165) is 22.3 Å². The molecular weight excluding hydrogens is 280 g/mol. The fraction of sp³-hybridized carbons (Fsp3) is 0.357. The lowest BCUT2D eigenvalue weighted by atomic mass is 9.97. The average Bonchev–Trinajstić information content (AvgIpc) is 2.40. The SMILES string of the molecule is CC(=N)NCc1cc(C)cc(CNC(=N)N)c1CNC(=N)N. The molecular formula is C14H24N8. The molecule has 0 aliphatic rings. The van der Waals surface area contributed by atoms with Crippen molar-refractivity contribution in [1.82, 2.24) is 16.0 Å². The Morgan fingerprint density at radius 1 is 0.909 bits per heavy atom. The summed E-state index contributed by atoms with van der Waals surface area (Å²) >= 11 is 0. The highest BCUT2D eigenvalue weighted by Gasteiger charge is 2.11. The Morgan fingerprint density at radius 2 is 1.36 bits per heavy atom. The molecule has 0 aliphatic heterocycles. The molecule has 0 radical (unpaired) electrons. The molecule has 1 aromatic carbocycles. The van der Waals surface area contributed by atoms with Gasteiger partial charge in [-0.2, -0.15) is 0 Å². The van der Waals surface area contributed by atoms with E-state index in [4.69, 9.17) is 27.7 Å². The second-order valence-electron chi connectivity index (χ2n) is 5.07. The number of nitrogens with one attached hydrogen (secondary N) is 6. The van der Waals surface area contributed by atoms with Crippen LogP contribution >= 0.6 is 0 Å². The van der Waals surface area contributed by atoms with Crippen LogP contribution in [0.3, 0.4) is 0 Å². The lowest BCUT2D eigenvalue weighted by molar-refractivity contribution is 0.800. The highest BCUT2D eigenvalue weighted by Crippen LogP contribution is 2.18. The molecule has 8 heteroatoms. The van der Waals surface area contributed by atoms with Crippen molar-refractivity contribution < 1.29 is 0 Å². The molecule has 0 bridgehead atoms. The van der Waals surface area contributed by atoms with E-state index in [1.54, 1.807) is 6.92 Å². The Morgan fingerprint density at radius 3 is 1.82 bits per heavy atom. The van der Waals surface area contributed by atoms with Gasteiger partial charge < -0.3 is 27.4 Å². The van der Waals surface area contributed by atoms with Crippen LogP contribution in [0.2, 0.25) is 0 Å². The average molecular weight is 304 g/mol. The summed E-state index contributed by atoms with van der Waals surface area (Å²) in [4.78, 5) is 0. The standard InChI is InChI=1S/C14H24N8/c1-8-3-10(5-20-9(2)15)12(7-22-14(18)19)11(4-8)6-21-13(16)17/h3-4H,5-7H2,1-2H3,(H2,15,20)(H4,16,17,21)(H4,18,19,22). The van der Waals surface area contributed by atoms with Gasteiger partial charge in [-0.25, -0.2) is 0 Å². The molecule has 0 heterocycles. The molecule has 120 valence electrons. The summed E-state index contributed by atoms with van der Waals surface area (Å²) in [5.74, 6) is 0.186. The van der Waals surface area contributed by atoms with Crippen molar-refractivity contribution in [3.05, 3.63) is 34.4 Å². The molecule has 0 saturated carbocycles. The van der Waals surface area contributed by atoms with E-state index < -0.39 is 0 Å².